The lowest BCUT2D eigenvalue weighted by Crippen LogP contribution is -2.54. The van der Waals surface area contributed by atoms with Gasteiger partial charge in [0, 0.05) is 37.3 Å². The van der Waals surface area contributed by atoms with Gasteiger partial charge in [-0.15, -0.1) is 0 Å². The fraction of sp³-hybridized carbons (Fsp3) is 0.600. The number of nitrogens with one attached hydrogen (secondary N) is 3. The quantitative estimate of drug-likeness (QED) is 0.173. The molecule has 3 heterocycles. The van der Waals surface area contributed by atoms with Crippen molar-refractivity contribution in [1.82, 2.24) is 19.9 Å². The Bertz CT molecular complexity index is 1770. The Morgan fingerprint density at radius 3 is 2.51 bits per heavy atom. The average Bonchev–Trinajstić information content (AvgIpc) is 3.61. The molecule has 3 aromatic rings. The van der Waals surface area contributed by atoms with Crippen molar-refractivity contribution in [1.29, 1.82) is 0 Å². The van der Waals surface area contributed by atoms with E-state index in [9.17, 15) is 27.1 Å². The Labute approximate surface area is 301 Å². The van der Waals surface area contributed by atoms with Crippen molar-refractivity contribution in [3.8, 4) is 0 Å². The standard InChI is InChI=1S/C35H47F2N5O7S2/c1-19(2)16-42(51(45,46)25-7-8-26-31(15-25)50-34(40-26)39-24-5-6-24)17-29(43)28(13-21-11-22(36)14-23(37)12-21)41-35(44)49-30-18-48-33-32(30)27(9-10-47-33)38-20(3)4/h7-8,11-12,14-15,19-20,24,27-30,32-33,38,43H,5-6,9-10,13,16-18H2,1-4H3,(H,39,40)(H,41,44)/t27-,28+,29-,30+,32?,33-/m1/s1. The third-order valence-electron chi connectivity index (χ3n) is 9.16. The summed E-state index contributed by atoms with van der Waals surface area (Å²) in [7, 11) is -4.15. The Morgan fingerprint density at radius 2 is 1.82 bits per heavy atom. The number of benzene rings is 2. The number of fused-ring (bicyclic) bond motifs is 2. The lowest BCUT2D eigenvalue weighted by molar-refractivity contribution is -0.161. The average molecular weight is 752 g/mol. The predicted molar refractivity (Wildman–Crippen MR) is 189 cm³/mol. The predicted octanol–water partition coefficient (Wildman–Crippen LogP) is 4.62. The largest absolute Gasteiger partial charge is 0.443 e. The summed E-state index contributed by atoms with van der Waals surface area (Å²) in [5, 5.41) is 21.9. The summed E-state index contributed by atoms with van der Waals surface area (Å²) in [6.45, 7) is 8.00. The third kappa shape index (κ3) is 9.52. The molecule has 3 fully saturated rings. The Morgan fingerprint density at radius 1 is 1.08 bits per heavy atom. The summed E-state index contributed by atoms with van der Waals surface area (Å²) < 4.78 is 76.0. The van der Waals surface area contributed by atoms with E-state index in [4.69, 9.17) is 14.2 Å². The number of alkyl carbamates (subject to hydrolysis) is 1. The number of sulfonamides is 1. The molecule has 1 aliphatic carbocycles. The molecule has 0 spiro atoms. The van der Waals surface area contributed by atoms with Crippen LogP contribution in [0.15, 0.2) is 41.3 Å². The van der Waals surface area contributed by atoms with Gasteiger partial charge < -0.3 is 35.3 Å². The van der Waals surface area contributed by atoms with Gasteiger partial charge in [-0.25, -0.2) is 27.0 Å². The number of nitrogens with zero attached hydrogens (tertiary/aromatic N) is 2. The van der Waals surface area contributed by atoms with Crippen LogP contribution in [0.5, 0.6) is 0 Å². The van der Waals surface area contributed by atoms with Gasteiger partial charge in [-0.05, 0) is 67.5 Å². The molecule has 0 radical (unpaired) electrons. The summed E-state index contributed by atoms with van der Waals surface area (Å²) in [4.78, 5) is 18.1. The number of aromatic nitrogens is 1. The van der Waals surface area contributed by atoms with Crippen molar-refractivity contribution in [2.75, 3.05) is 31.6 Å². The topological polar surface area (TPSA) is 151 Å². The molecule has 6 rings (SSSR count). The number of aliphatic hydroxyl groups is 1. The summed E-state index contributed by atoms with van der Waals surface area (Å²) in [6, 6.07) is 7.02. The molecule has 1 saturated carbocycles. The second kappa shape index (κ2) is 15.9. The summed E-state index contributed by atoms with van der Waals surface area (Å²) >= 11 is 1.38. The van der Waals surface area contributed by atoms with Crippen molar-refractivity contribution in [3.63, 3.8) is 0 Å². The van der Waals surface area contributed by atoms with Crippen LogP contribution in [0, 0.1) is 23.5 Å². The molecule has 51 heavy (non-hydrogen) atoms. The van der Waals surface area contributed by atoms with Crippen LogP contribution in [0.25, 0.3) is 10.2 Å². The van der Waals surface area contributed by atoms with E-state index in [1.807, 2.05) is 27.7 Å². The number of thiazole rings is 1. The van der Waals surface area contributed by atoms with Crippen molar-refractivity contribution in [3.05, 3.63) is 53.6 Å². The van der Waals surface area contributed by atoms with Gasteiger partial charge in [0.2, 0.25) is 10.0 Å². The minimum Gasteiger partial charge on any atom is -0.443 e. The normalized spacial score (nSPS) is 23.5. The van der Waals surface area contributed by atoms with Crippen LogP contribution in [-0.4, -0.2) is 97.9 Å². The van der Waals surface area contributed by atoms with Crippen LogP contribution in [0.4, 0.5) is 18.7 Å². The number of anilines is 1. The van der Waals surface area contributed by atoms with Crippen LogP contribution >= 0.6 is 11.3 Å². The van der Waals surface area contributed by atoms with Crippen molar-refractivity contribution < 1.29 is 41.3 Å². The van der Waals surface area contributed by atoms with E-state index in [1.54, 1.807) is 12.1 Å². The van der Waals surface area contributed by atoms with Crippen molar-refractivity contribution in [2.45, 2.75) is 101 Å². The lowest BCUT2D eigenvalue weighted by atomic mass is 9.90. The number of carbonyl (C=O) groups excluding carboxylic acids is 1. The third-order valence-corrected chi connectivity index (χ3v) is 11.9. The van der Waals surface area contributed by atoms with E-state index >= 15 is 0 Å². The molecular weight excluding hydrogens is 705 g/mol. The van der Waals surface area contributed by atoms with E-state index in [-0.39, 0.29) is 54.0 Å². The summed E-state index contributed by atoms with van der Waals surface area (Å²) in [5.41, 5.74) is 0.834. The number of ether oxygens (including phenoxy) is 3. The molecule has 1 unspecified atom stereocenters. The van der Waals surface area contributed by atoms with Crippen LogP contribution in [0.3, 0.4) is 0 Å². The molecular formula is C35H47F2N5O7S2. The maximum absolute atomic E-state index is 14.2. The highest BCUT2D eigenvalue weighted by molar-refractivity contribution is 7.89. The molecule has 1 amide bonds. The molecule has 16 heteroatoms. The van der Waals surface area contributed by atoms with E-state index in [0.29, 0.717) is 29.3 Å². The van der Waals surface area contributed by atoms with E-state index in [1.165, 1.54) is 21.7 Å². The van der Waals surface area contributed by atoms with Gasteiger partial charge in [0.1, 0.15) is 17.7 Å². The number of rotatable bonds is 15. The van der Waals surface area contributed by atoms with Crippen LogP contribution in [0.1, 0.15) is 52.5 Å². The van der Waals surface area contributed by atoms with Crippen LogP contribution in [-0.2, 0) is 30.7 Å². The molecule has 0 bridgehead atoms. The Kier molecular flexibility index (Phi) is 11.8. The fourth-order valence-corrected chi connectivity index (χ4v) is 9.42. The molecule has 4 N–H and O–H groups in total. The van der Waals surface area contributed by atoms with Crippen LogP contribution < -0.4 is 16.0 Å². The number of aliphatic hydroxyl groups excluding tert-OH is 1. The summed E-state index contributed by atoms with van der Waals surface area (Å²) in [5.74, 6) is -2.05. The zero-order valence-corrected chi connectivity index (χ0v) is 30.8. The minimum absolute atomic E-state index is 0.0271. The first-order valence-corrected chi connectivity index (χ1v) is 19.8. The maximum Gasteiger partial charge on any atom is 0.407 e. The number of hydrogen-bond acceptors (Lipinski definition) is 11. The van der Waals surface area contributed by atoms with Crippen molar-refractivity contribution >= 4 is 42.8 Å². The minimum atomic E-state index is -4.15. The van der Waals surface area contributed by atoms with Gasteiger partial charge in [-0.2, -0.15) is 4.31 Å². The highest BCUT2D eigenvalue weighted by atomic mass is 32.2. The number of halogens is 2. The maximum atomic E-state index is 14.2. The smallest absolute Gasteiger partial charge is 0.407 e. The van der Waals surface area contributed by atoms with Gasteiger partial charge in [-0.1, -0.05) is 39.0 Å². The molecule has 6 atom stereocenters. The molecule has 2 aromatic carbocycles. The van der Waals surface area contributed by atoms with Gasteiger partial charge >= 0.3 is 6.09 Å². The number of hydrogen-bond donors (Lipinski definition) is 4. The van der Waals surface area contributed by atoms with Gasteiger partial charge in [-0.3, -0.25) is 0 Å². The summed E-state index contributed by atoms with van der Waals surface area (Å²) in [6.07, 6.45) is -0.970. The molecule has 2 saturated heterocycles. The van der Waals surface area contributed by atoms with Crippen molar-refractivity contribution in [2.24, 2.45) is 11.8 Å². The van der Waals surface area contributed by atoms with E-state index in [0.717, 1.165) is 36.2 Å². The zero-order valence-electron chi connectivity index (χ0n) is 29.2. The Hall–Kier alpha value is -2.99. The first-order chi connectivity index (χ1) is 24.2. The Balaban J connectivity index is 1.22. The fourth-order valence-electron chi connectivity index (χ4n) is 6.72. The first kappa shape index (κ1) is 37.8. The second-order valence-electron chi connectivity index (χ2n) is 14.4. The molecule has 1 aromatic heterocycles. The van der Waals surface area contributed by atoms with Crippen LogP contribution in [0.2, 0.25) is 0 Å². The molecule has 12 nitrogen and oxygen atoms in total. The SMILES string of the molecule is CC(C)CN(C[C@@H](O)[C@H](Cc1cc(F)cc(F)c1)NC(=O)O[C@H]1CO[C@H]2OCC[C@@H](NC(C)C)C21)S(=O)(=O)c1ccc2nc(NC3CC3)sc2c1. The van der Waals surface area contributed by atoms with Gasteiger partial charge in [0.15, 0.2) is 11.4 Å². The highest BCUT2D eigenvalue weighted by Crippen LogP contribution is 2.34. The molecule has 2 aliphatic heterocycles. The highest BCUT2D eigenvalue weighted by Gasteiger charge is 2.48. The monoisotopic (exact) mass is 751 g/mol. The van der Waals surface area contributed by atoms with Gasteiger partial charge in [0.05, 0.1) is 46.4 Å². The number of amides is 1. The molecule has 280 valence electrons. The van der Waals surface area contributed by atoms with E-state index < -0.39 is 58.8 Å². The lowest BCUT2D eigenvalue weighted by Gasteiger charge is -2.36. The van der Waals surface area contributed by atoms with E-state index in [2.05, 4.69) is 20.9 Å². The van der Waals surface area contributed by atoms with Gasteiger partial charge in [0.25, 0.3) is 0 Å². The second-order valence-corrected chi connectivity index (χ2v) is 17.4. The first-order valence-electron chi connectivity index (χ1n) is 17.5. The molecule has 3 aliphatic rings. The number of carbonyl (C=O) groups is 1. The zero-order chi connectivity index (χ0) is 36.4.